The Balaban J connectivity index is 1.63. The van der Waals surface area contributed by atoms with Crippen LogP contribution in [0.4, 0.5) is 0 Å². The Bertz CT molecular complexity index is 1060. The molecule has 0 bridgehead atoms. The van der Waals surface area contributed by atoms with Crippen LogP contribution in [0.5, 0.6) is 23.0 Å². The zero-order valence-corrected chi connectivity index (χ0v) is 17.6. The highest BCUT2D eigenvalue weighted by molar-refractivity contribution is 5.87. The lowest BCUT2D eigenvalue weighted by atomic mass is 9.99. The minimum Gasteiger partial charge on any atom is -0.504 e. The third kappa shape index (κ3) is 6.04. The molecule has 1 saturated heterocycles. The number of esters is 1. The van der Waals surface area contributed by atoms with Gasteiger partial charge in [0.25, 0.3) is 0 Å². The summed E-state index contributed by atoms with van der Waals surface area (Å²) in [5, 5.41) is 67.8. The van der Waals surface area contributed by atoms with Crippen LogP contribution in [0.3, 0.4) is 0 Å². The molecule has 0 aliphatic carbocycles. The van der Waals surface area contributed by atoms with Crippen LogP contribution < -0.4 is 4.74 Å². The molecule has 182 valence electrons. The monoisotopic (exact) mass is 476 g/mol. The highest BCUT2D eigenvalue weighted by atomic mass is 16.7. The molecular formula is C23H24O11. The predicted octanol–water partition coefficient (Wildman–Crippen LogP) is 0.209. The number of phenols is 3. The van der Waals surface area contributed by atoms with Gasteiger partial charge in [-0.15, -0.1) is 0 Å². The summed E-state index contributed by atoms with van der Waals surface area (Å²) in [6, 6.07) is 8.13. The van der Waals surface area contributed by atoms with E-state index in [2.05, 4.69) is 0 Å². The van der Waals surface area contributed by atoms with E-state index in [0.717, 1.165) is 12.3 Å². The quantitative estimate of drug-likeness (QED) is 0.125. The average molecular weight is 476 g/mol. The standard InChI is InChI=1S/C23H24O11/c24-11-18-20(29)21(30)22(31)23(34-18)33-17-10-12(2-5-15(17)26)3-6-19(28)32-8-7-13-1-4-14(25)16(27)9-13/h1-10,18,20-27,29-31H,11H2/t18-,20-,21+,22-,23-/m1/s1. The molecule has 2 aromatic carbocycles. The van der Waals surface area contributed by atoms with Crippen molar-refractivity contribution in [3.05, 3.63) is 59.9 Å². The summed E-state index contributed by atoms with van der Waals surface area (Å²) in [6.07, 6.45) is -2.56. The van der Waals surface area contributed by atoms with Gasteiger partial charge >= 0.3 is 5.97 Å². The van der Waals surface area contributed by atoms with Gasteiger partial charge in [0, 0.05) is 6.08 Å². The minimum atomic E-state index is -1.66. The van der Waals surface area contributed by atoms with Gasteiger partial charge in [-0.05, 0) is 47.5 Å². The first-order valence-electron chi connectivity index (χ1n) is 10.1. The Labute approximate surface area is 193 Å². The van der Waals surface area contributed by atoms with Crippen molar-refractivity contribution in [3.8, 4) is 23.0 Å². The van der Waals surface area contributed by atoms with Crippen LogP contribution in [-0.4, -0.2) is 79.0 Å². The fourth-order valence-corrected chi connectivity index (χ4v) is 3.05. The van der Waals surface area contributed by atoms with Crippen LogP contribution in [0, 0.1) is 0 Å². The molecule has 3 rings (SSSR count). The van der Waals surface area contributed by atoms with Crippen LogP contribution in [-0.2, 0) is 14.3 Å². The van der Waals surface area contributed by atoms with Crippen LogP contribution in [0.2, 0.25) is 0 Å². The zero-order chi connectivity index (χ0) is 24.8. The van der Waals surface area contributed by atoms with E-state index in [9.17, 15) is 40.5 Å². The number of carbonyl (C=O) groups is 1. The van der Waals surface area contributed by atoms with Gasteiger partial charge in [-0.3, -0.25) is 0 Å². The number of aliphatic hydroxyl groups excluding tert-OH is 4. The SMILES string of the molecule is O=C(C=Cc1ccc(O)c(O[C@@H]2O[C@H](CO)[C@@H](O)[C@H](O)[C@H]2O)c1)OC=Cc1ccc(O)c(O)c1. The summed E-state index contributed by atoms with van der Waals surface area (Å²) in [5.41, 5.74) is 0.891. The predicted molar refractivity (Wildman–Crippen MR) is 116 cm³/mol. The molecular weight excluding hydrogens is 452 g/mol. The highest BCUT2D eigenvalue weighted by Crippen LogP contribution is 2.31. The Morgan fingerprint density at radius 1 is 0.882 bits per heavy atom. The summed E-state index contributed by atoms with van der Waals surface area (Å²) >= 11 is 0. The first-order valence-corrected chi connectivity index (χ1v) is 10.1. The third-order valence-electron chi connectivity index (χ3n) is 4.93. The maximum atomic E-state index is 11.9. The molecule has 1 heterocycles. The van der Waals surface area contributed by atoms with Gasteiger partial charge in [0.05, 0.1) is 12.9 Å². The van der Waals surface area contributed by atoms with Crippen molar-refractivity contribution >= 4 is 18.1 Å². The van der Waals surface area contributed by atoms with Crippen molar-refractivity contribution in [3.63, 3.8) is 0 Å². The zero-order valence-electron chi connectivity index (χ0n) is 17.6. The molecule has 0 unspecified atom stereocenters. The summed E-state index contributed by atoms with van der Waals surface area (Å²) in [4.78, 5) is 11.9. The van der Waals surface area contributed by atoms with Crippen molar-refractivity contribution in [2.24, 2.45) is 0 Å². The minimum absolute atomic E-state index is 0.146. The van der Waals surface area contributed by atoms with Crippen LogP contribution >= 0.6 is 0 Å². The maximum Gasteiger partial charge on any atom is 0.335 e. The summed E-state index contributed by atoms with van der Waals surface area (Å²) < 4.78 is 15.6. The van der Waals surface area contributed by atoms with E-state index in [0.29, 0.717) is 11.1 Å². The van der Waals surface area contributed by atoms with E-state index in [-0.39, 0.29) is 23.0 Å². The molecule has 7 N–H and O–H groups in total. The first kappa shape index (κ1) is 25.0. The lowest BCUT2D eigenvalue weighted by molar-refractivity contribution is -0.277. The Morgan fingerprint density at radius 3 is 2.24 bits per heavy atom. The molecule has 5 atom stereocenters. The molecule has 1 aliphatic rings. The number of hydrogen-bond acceptors (Lipinski definition) is 11. The molecule has 0 aromatic heterocycles. The molecule has 1 aliphatic heterocycles. The molecule has 1 fully saturated rings. The van der Waals surface area contributed by atoms with Gasteiger partial charge < -0.3 is 50.0 Å². The number of benzene rings is 2. The fraction of sp³-hybridized carbons (Fsp3) is 0.261. The van der Waals surface area contributed by atoms with Gasteiger partial charge in [-0.2, -0.15) is 0 Å². The average Bonchev–Trinajstić information content (AvgIpc) is 2.82. The largest absolute Gasteiger partial charge is 0.504 e. The van der Waals surface area contributed by atoms with E-state index in [1.807, 2.05) is 0 Å². The lowest BCUT2D eigenvalue weighted by Crippen LogP contribution is -2.60. The number of ether oxygens (including phenoxy) is 3. The molecule has 2 aromatic rings. The van der Waals surface area contributed by atoms with Gasteiger partial charge in [0.15, 0.2) is 23.0 Å². The second-order valence-corrected chi connectivity index (χ2v) is 7.36. The van der Waals surface area contributed by atoms with Crippen molar-refractivity contribution in [2.45, 2.75) is 30.7 Å². The van der Waals surface area contributed by atoms with Crippen LogP contribution in [0.25, 0.3) is 12.2 Å². The lowest BCUT2D eigenvalue weighted by Gasteiger charge is -2.39. The number of aliphatic hydroxyl groups is 4. The topological polar surface area (TPSA) is 186 Å². The molecule has 0 saturated carbocycles. The number of carbonyl (C=O) groups excluding carboxylic acids is 1. The Hall–Kier alpha value is -3.61. The summed E-state index contributed by atoms with van der Waals surface area (Å²) in [7, 11) is 0. The third-order valence-corrected chi connectivity index (χ3v) is 4.93. The van der Waals surface area contributed by atoms with E-state index < -0.39 is 43.3 Å². The smallest absolute Gasteiger partial charge is 0.335 e. The van der Waals surface area contributed by atoms with Crippen LogP contribution in [0.1, 0.15) is 11.1 Å². The van der Waals surface area contributed by atoms with Gasteiger partial charge in [0.1, 0.15) is 24.4 Å². The van der Waals surface area contributed by atoms with Gasteiger partial charge in [-0.1, -0.05) is 12.1 Å². The Morgan fingerprint density at radius 2 is 1.56 bits per heavy atom. The van der Waals surface area contributed by atoms with E-state index >= 15 is 0 Å². The second kappa shape index (κ2) is 11.0. The molecule has 34 heavy (non-hydrogen) atoms. The van der Waals surface area contributed by atoms with Gasteiger partial charge in [0.2, 0.25) is 6.29 Å². The van der Waals surface area contributed by atoms with E-state index in [1.165, 1.54) is 48.6 Å². The van der Waals surface area contributed by atoms with E-state index in [1.54, 1.807) is 0 Å². The summed E-state index contributed by atoms with van der Waals surface area (Å²) in [5.74, 6) is -1.80. The van der Waals surface area contributed by atoms with Crippen molar-refractivity contribution < 1.29 is 54.8 Å². The second-order valence-electron chi connectivity index (χ2n) is 7.36. The van der Waals surface area contributed by atoms with Gasteiger partial charge in [-0.25, -0.2) is 4.79 Å². The first-order chi connectivity index (χ1) is 16.2. The number of hydrogen-bond donors (Lipinski definition) is 7. The molecule has 11 nitrogen and oxygen atoms in total. The number of phenolic OH excluding ortho intramolecular Hbond substituents is 3. The van der Waals surface area contributed by atoms with Crippen molar-refractivity contribution in [2.75, 3.05) is 6.61 Å². The van der Waals surface area contributed by atoms with E-state index in [4.69, 9.17) is 14.2 Å². The summed E-state index contributed by atoms with van der Waals surface area (Å²) in [6.45, 7) is -0.635. The van der Waals surface area contributed by atoms with Crippen LogP contribution in [0.15, 0.2) is 48.7 Å². The van der Waals surface area contributed by atoms with Crippen molar-refractivity contribution in [1.29, 1.82) is 0 Å². The highest BCUT2D eigenvalue weighted by Gasteiger charge is 2.44. The molecule has 11 heteroatoms. The Kier molecular flexibility index (Phi) is 8.10. The molecule has 0 radical (unpaired) electrons. The molecule has 0 spiro atoms. The normalized spacial score (nSPS) is 25.0. The fourth-order valence-electron chi connectivity index (χ4n) is 3.05. The van der Waals surface area contributed by atoms with Crippen molar-refractivity contribution in [1.82, 2.24) is 0 Å². The number of rotatable bonds is 7. The molecule has 0 amide bonds. The maximum absolute atomic E-state index is 11.9. The number of aromatic hydroxyl groups is 3.